The Balaban J connectivity index is 1.70. The van der Waals surface area contributed by atoms with Crippen LogP contribution in [0.4, 0.5) is 0 Å². The summed E-state index contributed by atoms with van der Waals surface area (Å²) in [5.74, 6) is 0.926. The van der Waals surface area contributed by atoms with Crippen LogP contribution >= 0.6 is 0 Å². The molecule has 0 aromatic heterocycles. The van der Waals surface area contributed by atoms with E-state index < -0.39 is 0 Å². The molecule has 0 aromatic rings. The van der Waals surface area contributed by atoms with Crippen molar-refractivity contribution in [3.63, 3.8) is 0 Å². The molecular formula is C16H30N2. The first-order valence-corrected chi connectivity index (χ1v) is 8.28. The standard InChI is InChI=1S/C16H30N2/c1-14-7-2-3-8-15(14)18-12-6-11-17-16(13-18)9-4-5-10-16/h14-15,17H,2-13H2,1H3. The number of nitrogens with one attached hydrogen (secondary N) is 1. The van der Waals surface area contributed by atoms with Gasteiger partial charge in [0.2, 0.25) is 0 Å². The van der Waals surface area contributed by atoms with E-state index in [-0.39, 0.29) is 0 Å². The highest BCUT2D eigenvalue weighted by Crippen LogP contribution is 2.35. The summed E-state index contributed by atoms with van der Waals surface area (Å²) in [5.41, 5.74) is 0.494. The monoisotopic (exact) mass is 250 g/mol. The van der Waals surface area contributed by atoms with E-state index in [1.807, 2.05) is 0 Å². The van der Waals surface area contributed by atoms with E-state index in [0.29, 0.717) is 5.54 Å². The summed E-state index contributed by atoms with van der Waals surface area (Å²) in [6, 6.07) is 0.885. The third kappa shape index (κ3) is 2.60. The van der Waals surface area contributed by atoms with E-state index in [1.165, 1.54) is 77.4 Å². The maximum absolute atomic E-state index is 3.90. The Morgan fingerprint density at radius 3 is 2.56 bits per heavy atom. The van der Waals surface area contributed by atoms with Gasteiger partial charge < -0.3 is 5.32 Å². The molecule has 0 amide bonds. The predicted octanol–water partition coefficient (Wildman–Crippen LogP) is 3.17. The van der Waals surface area contributed by atoms with Gasteiger partial charge in [-0.25, -0.2) is 0 Å². The zero-order chi connectivity index (χ0) is 12.4. The van der Waals surface area contributed by atoms with Crippen molar-refractivity contribution in [2.75, 3.05) is 19.6 Å². The van der Waals surface area contributed by atoms with E-state index in [4.69, 9.17) is 0 Å². The molecule has 3 rings (SSSR count). The predicted molar refractivity (Wildman–Crippen MR) is 76.8 cm³/mol. The molecule has 2 aliphatic carbocycles. The second-order valence-electron chi connectivity index (χ2n) is 7.07. The topological polar surface area (TPSA) is 15.3 Å². The molecular weight excluding hydrogens is 220 g/mol. The van der Waals surface area contributed by atoms with E-state index in [0.717, 1.165) is 12.0 Å². The molecule has 1 saturated heterocycles. The van der Waals surface area contributed by atoms with E-state index in [9.17, 15) is 0 Å². The van der Waals surface area contributed by atoms with Gasteiger partial charge in [-0.05, 0) is 51.1 Å². The molecule has 1 aliphatic heterocycles. The van der Waals surface area contributed by atoms with Crippen LogP contribution < -0.4 is 5.32 Å². The lowest BCUT2D eigenvalue weighted by Gasteiger charge is -2.42. The van der Waals surface area contributed by atoms with Crippen molar-refractivity contribution in [2.24, 2.45) is 5.92 Å². The lowest BCUT2D eigenvalue weighted by Crippen LogP contribution is -2.53. The molecule has 2 unspecified atom stereocenters. The van der Waals surface area contributed by atoms with Crippen molar-refractivity contribution >= 4 is 0 Å². The van der Waals surface area contributed by atoms with Crippen LogP contribution in [-0.4, -0.2) is 36.1 Å². The van der Waals surface area contributed by atoms with Gasteiger partial charge in [0.1, 0.15) is 0 Å². The van der Waals surface area contributed by atoms with Crippen LogP contribution in [0.25, 0.3) is 0 Å². The number of hydrogen-bond acceptors (Lipinski definition) is 2. The normalized spacial score (nSPS) is 37.8. The van der Waals surface area contributed by atoms with E-state index in [1.54, 1.807) is 0 Å². The summed E-state index contributed by atoms with van der Waals surface area (Å²) in [6.45, 7) is 6.41. The Kier molecular flexibility index (Phi) is 3.95. The van der Waals surface area contributed by atoms with Crippen LogP contribution in [0.5, 0.6) is 0 Å². The first-order chi connectivity index (χ1) is 8.79. The third-order valence-corrected chi connectivity index (χ3v) is 5.72. The van der Waals surface area contributed by atoms with Crippen LogP contribution in [0.1, 0.15) is 64.7 Å². The molecule has 2 saturated carbocycles. The van der Waals surface area contributed by atoms with Crippen LogP contribution in [0.2, 0.25) is 0 Å². The lowest BCUT2D eigenvalue weighted by molar-refractivity contribution is 0.0910. The second-order valence-corrected chi connectivity index (χ2v) is 7.07. The van der Waals surface area contributed by atoms with Crippen LogP contribution in [0, 0.1) is 5.92 Å². The first-order valence-electron chi connectivity index (χ1n) is 8.28. The van der Waals surface area contributed by atoms with Crippen molar-refractivity contribution in [2.45, 2.75) is 76.3 Å². The molecule has 0 radical (unpaired) electrons. The fourth-order valence-corrected chi connectivity index (χ4v) is 4.67. The van der Waals surface area contributed by atoms with Gasteiger partial charge in [-0.1, -0.05) is 32.6 Å². The van der Waals surface area contributed by atoms with Crippen LogP contribution in [0.3, 0.4) is 0 Å². The van der Waals surface area contributed by atoms with Gasteiger partial charge in [-0.15, -0.1) is 0 Å². The van der Waals surface area contributed by atoms with Gasteiger partial charge in [0.25, 0.3) is 0 Å². The Morgan fingerprint density at radius 2 is 1.78 bits per heavy atom. The lowest BCUT2D eigenvalue weighted by atomic mass is 9.84. The van der Waals surface area contributed by atoms with Crippen molar-refractivity contribution in [3.8, 4) is 0 Å². The molecule has 1 heterocycles. The fourth-order valence-electron chi connectivity index (χ4n) is 4.67. The van der Waals surface area contributed by atoms with Gasteiger partial charge in [-0.3, -0.25) is 4.90 Å². The highest BCUT2D eigenvalue weighted by Gasteiger charge is 2.39. The quantitative estimate of drug-likeness (QED) is 0.769. The first kappa shape index (κ1) is 12.9. The summed E-state index contributed by atoms with van der Waals surface area (Å²) in [6.07, 6.45) is 12.9. The van der Waals surface area contributed by atoms with Gasteiger partial charge >= 0.3 is 0 Å². The largest absolute Gasteiger partial charge is 0.310 e. The summed E-state index contributed by atoms with van der Waals surface area (Å²) in [5, 5.41) is 3.90. The molecule has 3 fully saturated rings. The smallest absolute Gasteiger partial charge is 0.0308 e. The maximum Gasteiger partial charge on any atom is 0.0308 e. The Labute approximate surface area is 113 Å². The number of rotatable bonds is 1. The van der Waals surface area contributed by atoms with Crippen molar-refractivity contribution in [3.05, 3.63) is 0 Å². The van der Waals surface area contributed by atoms with Gasteiger partial charge in [-0.2, -0.15) is 0 Å². The Bertz CT molecular complexity index is 270. The summed E-state index contributed by atoms with van der Waals surface area (Å²) < 4.78 is 0. The summed E-state index contributed by atoms with van der Waals surface area (Å²) >= 11 is 0. The fraction of sp³-hybridized carbons (Fsp3) is 1.00. The third-order valence-electron chi connectivity index (χ3n) is 5.72. The molecule has 0 bridgehead atoms. The van der Waals surface area contributed by atoms with Gasteiger partial charge in [0, 0.05) is 18.1 Å². The SMILES string of the molecule is CC1CCCCC1N1CCCNC2(CCCC2)C1. The van der Waals surface area contributed by atoms with Crippen LogP contribution in [0.15, 0.2) is 0 Å². The zero-order valence-corrected chi connectivity index (χ0v) is 12.1. The van der Waals surface area contributed by atoms with Gasteiger partial charge in [0.15, 0.2) is 0 Å². The second kappa shape index (κ2) is 5.50. The minimum absolute atomic E-state index is 0.494. The molecule has 104 valence electrons. The molecule has 1 N–H and O–H groups in total. The number of hydrogen-bond donors (Lipinski definition) is 1. The highest BCUT2D eigenvalue weighted by atomic mass is 15.2. The average Bonchev–Trinajstić information content (AvgIpc) is 2.72. The number of nitrogens with zero attached hydrogens (tertiary/aromatic N) is 1. The maximum atomic E-state index is 3.90. The molecule has 1 spiro atoms. The zero-order valence-electron chi connectivity index (χ0n) is 12.1. The van der Waals surface area contributed by atoms with Crippen molar-refractivity contribution < 1.29 is 0 Å². The molecule has 18 heavy (non-hydrogen) atoms. The molecule has 3 aliphatic rings. The van der Waals surface area contributed by atoms with Crippen molar-refractivity contribution in [1.82, 2.24) is 10.2 Å². The van der Waals surface area contributed by atoms with Crippen LogP contribution in [-0.2, 0) is 0 Å². The molecule has 2 heteroatoms. The van der Waals surface area contributed by atoms with E-state index in [2.05, 4.69) is 17.1 Å². The Hall–Kier alpha value is -0.0800. The summed E-state index contributed by atoms with van der Waals surface area (Å²) in [7, 11) is 0. The molecule has 0 aromatic carbocycles. The van der Waals surface area contributed by atoms with E-state index >= 15 is 0 Å². The van der Waals surface area contributed by atoms with Gasteiger partial charge in [0.05, 0.1) is 0 Å². The summed E-state index contributed by atoms with van der Waals surface area (Å²) in [4.78, 5) is 2.87. The Morgan fingerprint density at radius 1 is 1.00 bits per heavy atom. The van der Waals surface area contributed by atoms with Crippen molar-refractivity contribution in [1.29, 1.82) is 0 Å². The average molecular weight is 250 g/mol. The molecule has 2 nitrogen and oxygen atoms in total. The highest BCUT2D eigenvalue weighted by molar-refractivity contribution is 4.98. The molecule has 2 atom stereocenters. The minimum atomic E-state index is 0.494. The minimum Gasteiger partial charge on any atom is -0.310 e.